The zero-order chi connectivity index (χ0) is 20.5. The van der Waals surface area contributed by atoms with Crippen molar-refractivity contribution in [2.75, 3.05) is 40.9 Å². The number of nitrogens with one attached hydrogen (secondary N) is 2. The van der Waals surface area contributed by atoms with Gasteiger partial charge in [0.15, 0.2) is 5.96 Å². The molecule has 3 rings (SSSR count). The van der Waals surface area contributed by atoms with Crippen LogP contribution in [0.4, 0.5) is 0 Å². The summed E-state index contributed by atoms with van der Waals surface area (Å²) in [5, 5.41) is 6.90. The Hall–Kier alpha value is -2.73. The lowest BCUT2D eigenvalue weighted by atomic mass is 10.1. The number of ether oxygens (including phenoxy) is 2. The number of hydrogen-bond donors (Lipinski definition) is 2. The van der Waals surface area contributed by atoms with Crippen LogP contribution in [-0.4, -0.2) is 51.8 Å². The summed E-state index contributed by atoms with van der Waals surface area (Å²) in [6.45, 7) is 3.75. The molecule has 1 unspecified atom stereocenters. The van der Waals surface area contributed by atoms with Gasteiger partial charge in [0.1, 0.15) is 11.5 Å². The van der Waals surface area contributed by atoms with Crippen molar-refractivity contribution < 1.29 is 9.47 Å². The van der Waals surface area contributed by atoms with Crippen LogP contribution in [0.15, 0.2) is 53.5 Å². The first-order valence-electron chi connectivity index (χ1n) is 10.2. The zero-order valence-corrected chi connectivity index (χ0v) is 17.6. The molecule has 2 aromatic rings. The second-order valence-electron chi connectivity index (χ2n) is 7.19. The first kappa shape index (κ1) is 21.0. The van der Waals surface area contributed by atoms with Gasteiger partial charge in [-0.3, -0.25) is 9.89 Å². The smallest absolute Gasteiger partial charge is 0.191 e. The molecule has 1 atom stereocenters. The number of benzene rings is 2. The van der Waals surface area contributed by atoms with Crippen LogP contribution in [0.5, 0.6) is 11.5 Å². The van der Waals surface area contributed by atoms with Gasteiger partial charge in [0.2, 0.25) is 0 Å². The SMILES string of the molecule is CN=C(NCc1cccc(OC)c1)NCC(c1ccc(OC)cc1)N1CCCC1. The average molecular weight is 397 g/mol. The lowest BCUT2D eigenvalue weighted by molar-refractivity contribution is 0.245. The Morgan fingerprint density at radius 3 is 2.38 bits per heavy atom. The summed E-state index contributed by atoms with van der Waals surface area (Å²) in [4.78, 5) is 6.94. The maximum atomic E-state index is 5.31. The molecule has 156 valence electrons. The van der Waals surface area contributed by atoms with Gasteiger partial charge in [0.25, 0.3) is 0 Å². The Morgan fingerprint density at radius 2 is 1.72 bits per heavy atom. The summed E-state index contributed by atoms with van der Waals surface area (Å²) in [6, 6.07) is 16.8. The molecule has 6 heteroatoms. The molecule has 1 saturated heterocycles. The minimum Gasteiger partial charge on any atom is -0.497 e. The Bertz CT molecular complexity index is 786. The molecule has 0 aromatic heterocycles. The van der Waals surface area contributed by atoms with Crippen molar-refractivity contribution in [2.45, 2.75) is 25.4 Å². The molecule has 1 heterocycles. The maximum Gasteiger partial charge on any atom is 0.191 e. The van der Waals surface area contributed by atoms with Gasteiger partial charge in [-0.2, -0.15) is 0 Å². The highest BCUT2D eigenvalue weighted by Crippen LogP contribution is 2.26. The van der Waals surface area contributed by atoms with E-state index < -0.39 is 0 Å². The fraction of sp³-hybridized carbons (Fsp3) is 0.435. The summed E-state index contributed by atoms with van der Waals surface area (Å²) in [6.07, 6.45) is 2.52. The molecule has 1 fully saturated rings. The van der Waals surface area contributed by atoms with E-state index in [9.17, 15) is 0 Å². The number of aliphatic imine (C=N–C) groups is 1. The van der Waals surface area contributed by atoms with E-state index in [0.29, 0.717) is 12.6 Å². The molecule has 0 aliphatic carbocycles. The highest BCUT2D eigenvalue weighted by molar-refractivity contribution is 5.79. The Labute approximate surface area is 173 Å². The van der Waals surface area contributed by atoms with Crippen molar-refractivity contribution in [1.29, 1.82) is 0 Å². The van der Waals surface area contributed by atoms with Gasteiger partial charge in [0, 0.05) is 20.1 Å². The Morgan fingerprint density at radius 1 is 1.00 bits per heavy atom. The number of hydrogen-bond acceptors (Lipinski definition) is 4. The summed E-state index contributed by atoms with van der Waals surface area (Å²) in [7, 11) is 5.19. The van der Waals surface area contributed by atoms with Gasteiger partial charge in [-0.15, -0.1) is 0 Å². The molecule has 6 nitrogen and oxygen atoms in total. The van der Waals surface area contributed by atoms with Crippen molar-refractivity contribution in [2.24, 2.45) is 4.99 Å². The number of likely N-dealkylation sites (tertiary alicyclic amines) is 1. The second-order valence-corrected chi connectivity index (χ2v) is 7.19. The van der Waals surface area contributed by atoms with Crippen LogP contribution in [0.1, 0.15) is 30.0 Å². The lowest BCUT2D eigenvalue weighted by Crippen LogP contribution is -2.42. The minimum absolute atomic E-state index is 0.304. The molecule has 0 saturated carbocycles. The van der Waals surface area contributed by atoms with Crippen LogP contribution >= 0.6 is 0 Å². The first-order chi connectivity index (χ1) is 14.2. The molecule has 1 aliphatic heterocycles. The highest BCUT2D eigenvalue weighted by atomic mass is 16.5. The van der Waals surface area contributed by atoms with E-state index >= 15 is 0 Å². The third-order valence-corrected chi connectivity index (χ3v) is 5.36. The Balaban J connectivity index is 1.61. The summed E-state index contributed by atoms with van der Waals surface area (Å²) in [5.41, 5.74) is 2.45. The summed E-state index contributed by atoms with van der Waals surface area (Å²) in [5.74, 6) is 2.55. The van der Waals surface area contributed by atoms with Crippen molar-refractivity contribution in [3.63, 3.8) is 0 Å². The van der Waals surface area contributed by atoms with Gasteiger partial charge in [-0.1, -0.05) is 24.3 Å². The predicted molar refractivity (Wildman–Crippen MR) is 118 cm³/mol. The van der Waals surface area contributed by atoms with Crippen LogP contribution in [0, 0.1) is 0 Å². The molecule has 2 aromatic carbocycles. The van der Waals surface area contributed by atoms with Crippen LogP contribution in [0.3, 0.4) is 0 Å². The number of nitrogens with zero attached hydrogens (tertiary/aromatic N) is 2. The van der Waals surface area contributed by atoms with Gasteiger partial charge < -0.3 is 20.1 Å². The summed E-state index contributed by atoms with van der Waals surface area (Å²) >= 11 is 0. The largest absolute Gasteiger partial charge is 0.497 e. The molecule has 0 amide bonds. The van der Waals surface area contributed by atoms with E-state index in [0.717, 1.165) is 42.7 Å². The van der Waals surface area contributed by atoms with E-state index in [1.807, 2.05) is 30.3 Å². The van der Waals surface area contributed by atoms with Crippen molar-refractivity contribution >= 4 is 5.96 Å². The average Bonchev–Trinajstić information content (AvgIpc) is 3.31. The molecular weight excluding hydrogens is 364 g/mol. The van der Waals surface area contributed by atoms with Gasteiger partial charge in [-0.25, -0.2) is 0 Å². The minimum atomic E-state index is 0.304. The fourth-order valence-corrected chi connectivity index (χ4v) is 3.72. The van der Waals surface area contributed by atoms with E-state index in [-0.39, 0.29) is 0 Å². The van der Waals surface area contributed by atoms with Crippen LogP contribution < -0.4 is 20.1 Å². The predicted octanol–water partition coefficient (Wildman–Crippen LogP) is 3.21. The standard InChI is InChI=1S/C23H32N4O2/c1-24-23(25-16-18-7-6-8-21(15-18)29-3)26-17-22(27-13-4-5-14-27)19-9-11-20(28-2)12-10-19/h6-12,15,22H,4-5,13-14,16-17H2,1-3H3,(H2,24,25,26). The quantitative estimate of drug-likeness (QED) is 0.530. The van der Waals surface area contributed by atoms with Crippen molar-refractivity contribution in [3.8, 4) is 11.5 Å². The first-order valence-corrected chi connectivity index (χ1v) is 10.2. The third-order valence-electron chi connectivity index (χ3n) is 5.36. The second kappa shape index (κ2) is 10.7. The van der Waals surface area contributed by atoms with Gasteiger partial charge >= 0.3 is 0 Å². The number of rotatable bonds is 8. The van der Waals surface area contributed by atoms with Gasteiger partial charge in [0.05, 0.1) is 20.3 Å². The van der Waals surface area contributed by atoms with E-state index in [1.54, 1.807) is 21.3 Å². The van der Waals surface area contributed by atoms with Crippen LogP contribution in [-0.2, 0) is 6.54 Å². The Kier molecular flexibility index (Phi) is 7.76. The molecule has 0 radical (unpaired) electrons. The van der Waals surface area contributed by atoms with Crippen LogP contribution in [0.25, 0.3) is 0 Å². The van der Waals surface area contributed by atoms with E-state index in [2.05, 4.69) is 38.7 Å². The third kappa shape index (κ3) is 5.87. The fourth-order valence-electron chi connectivity index (χ4n) is 3.72. The van der Waals surface area contributed by atoms with E-state index in [1.165, 1.54) is 18.4 Å². The van der Waals surface area contributed by atoms with Crippen LogP contribution in [0.2, 0.25) is 0 Å². The number of guanidine groups is 1. The molecule has 2 N–H and O–H groups in total. The van der Waals surface area contributed by atoms with Gasteiger partial charge in [-0.05, 0) is 61.3 Å². The monoisotopic (exact) mass is 396 g/mol. The number of methoxy groups -OCH3 is 2. The lowest BCUT2D eigenvalue weighted by Gasteiger charge is -2.29. The molecule has 0 bridgehead atoms. The molecule has 1 aliphatic rings. The molecule has 0 spiro atoms. The normalized spacial score (nSPS) is 15.8. The molecule has 29 heavy (non-hydrogen) atoms. The summed E-state index contributed by atoms with van der Waals surface area (Å²) < 4.78 is 10.6. The van der Waals surface area contributed by atoms with E-state index in [4.69, 9.17) is 9.47 Å². The zero-order valence-electron chi connectivity index (χ0n) is 17.6. The maximum absolute atomic E-state index is 5.31. The topological polar surface area (TPSA) is 58.1 Å². The highest BCUT2D eigenvalue weighted by Gasteiger charge is 2.23. The van der Waals surface area contributed by atoms with Crippen molar-refractivity contribution in [1.82, 2.24) is 15.5 Å². The molecular formula is C23H32N4O2. The van der Waals surface area contributed by atoms with Crippen molar-refractivity contribution in [3.05, 3.63) is 59.7 Å².